The average molecular weight is 449 g/mol. The number of hydrogen-bond donors (Lipinski definition) is 0. The van der Waals surface area contributed by atoms with Gasteiger partial charge in [-0.3, -0.25) is 4.79 Å². The highest BCUT2D eigenvalue weighted by atomic mass is 16.6. The second-order valence-electron chi connectivity index (χ2n) is 7.34. The first-order valence-corrected chi connectivity index (χ1v) is 10.5. The van der Waals surface area contributed by atoms with Crippen molar-refractivity contribution in [1.82, 2.24) is 9.55 Å². The first-order chi connectivity index (χ1) is 16.0. The van der Waals surface area contributed by atoms with E-state index in [4.69, 9.17) is 14.2 Å². The van der Waals surface area contributed by atoms with Gasteiger partial charge in [-0.2, -0.15) is 0 Å². The van der Waals surface area contributed by atoms with E-state index < -0.39 is 4.92 Å². The number of nitrogens with zero attached hydrogens (tertiary/aromatic N) is 3. The maximum atomic E-state index is 12.8. The summed E-state index contributed by atoms with van der Waals surface area (Å²) in [5.74, 6) is 2.02. The van der Waals surface area contributed by atoms with Gasteiger partial charge in [-0.1, -0.05) is 18.2 Å². The summed E-state index contributed by atoms with van der Waals surface area (Å²) < 4.78 is 18.8. The van der Waals surface area contributed by atoms with Crippen molar-refractivity contribution < 1.29 is 23.9 Å². The quantitative estimate of drug-likeness (QED) is 0.288. The molecule has 0 unspecified atom stereocenters. The third-order valence-corrected chi connectivity index (χ3v) is 5.21. The van der Waals surface area contributed by atoms with E-state index in [9.17, 15) is 14.9 Å². The van der Waals surface area contributed by atoms with Crippen LogP contribution in [0.2, 0.25) is 0 Å². The number of carbonyl (C=O) groups excluding carboxylic acids is 1. The minimum atomic E-state index is -0.470. The third kappa shape index (κ3) is 4.72. The van der Waals surface area contributed by atoms with Crippen LogP contribution in [0.4, 0.5) is 5.82 Å². The predicted octanol–water partition coefficient (Wildman–Crippen LogP) is 4.24. The number of rotatable bonds is 8. The molecule has 0 fully saturated rings. The Morgan fingerprint density at radius 2 is 2.03 bits per heavy atom. The number of ether oxygens (including phenoxy) is 3. The molecule has 2 aromatic carbocycles. The number of ketones is 1. The molecule has 0 spiro atoms. The molecule has 9 heteroatoms. The Labute approximate surface area is 190 Å². The zero-order valence-corrected chi connectivity index (χ0v) is 18.3. The molecule has 3 aromatic rings. The van der Waals surface area contributed by atoms with Crippen LogP contribution in [0.1, 0.15) is 28.7 Å². The second-order valence-corrected chi connectivity index (χ2v) is 7.34. The summed E-state index contributed by atoms with van der Waals surface area (Å²) in [6.45, 7) is 4.66. The Kier molecular flexibility index (Phi) is 6.39. The molecule has 0 N–H and O–H groups in total. The van der Waals surface area contributed by atoms with E-state index in [-0.39, 0.29) is 31.4 Å². The van der Waals surface area contributed by atoms with Gasteiger partial charge in [0.25, 0.3) is 0 Å². The lowest BCUT2D eigenvalue weighted by atomic mass is 9.98. The van der Waals surface area contributed by atoms with Crippen LogP contribution in [0.15, 0.2) is 54.2 Å². The summed E-state index contributed by atoms with van der Waals surface area (Å²) in [5.41, 5.74) is 1.87. The lowest BCUT2D eigenvalue weighted by Gasteiger charge is -2.18. The van der Waals surface area contributed by atoms with Gasteiger partial charge in [-0.25, -0.2) is 9.55 Å². The highest BCUT2D eigenvalue weighted by Crippen LogP contribution is 2.32. The summed E-state index contributed by atoms with van der Waals surface area (Å²) in [4.78, 5) is 27.5. The average Bonchev–Trinajstić information content (AvgIpc) is 3.18. The van der Waals surface area contributed by atoms with Gasteiger partial charge in [0.2, 0.25) is 0 Å². The van der Waals surface area contributed by atoms with Crippen LogP contribution in [-0.4, -0.2) is 40.1 Å². The molecule has 0 bridgehead atoms. The highest BCUT2D eigenvalue weighted by Gasteiger charge is 2.23. The number of imidazole rings is 1. The molecule has 0 saturated carbocycles. The van der Waals surface area contributed by atoms with Gasteiger partial charge in [0, 0.05) is 12.5 Å². The van der Waals surface area contributed by atoms with Crippen LogP contribution in [-0.2, 0) is 6.54 Å². The number of carbonyl (C=O) groups is 1. The molecule has 0 radical (unpaired) electrons. The molecule has 1 aromatic heterocycles. The first kappa shape index (κ1) is 22.1. The minimum absolute atomic E-state index is 0.0626. The number of para-hydroxylation sites is 1. The van der Waals surface area contributed by atoms with E-state index in [0.717, 1.165) is 5.56 Å². The van der Waals surface area contributed by atoms with Gasteiger partial charge in [0.05, 0.1) is 12.2 Å². The van der Waals surface area contributed by atoms with Crippen molar-refractivity contribution in [2.75, 3.05) is 19.8 Å². The van der Waals surface area contributed by atoms with E-state index in [2.05, 4.69) is 4.98 Å². The van der Waals surface area contributed by atoms with Crippen LogP contribution >= 0.6 is 0 Å². The molecule has 1 aliphatic heterocycles. The van der Waals surface area contributed by atoms with Gasteiger partial charge < -0.3 is 24.3 Å². The Morgan fingerprint density at radius 1 is 1.21 bits per heavy atom. The van der Waals surface area contributed by atoms with Crippen molar-refractivity contribution >= 4 is 17.7 Å². The smallest absolute Gasteiger partial charge is 0.342 e. The fraction of sp³-hybridized carbons (Fsp3) is 0.250. The maximum Gasteiger partial charge on any atom is 0.342 e. The Morgan fingerprint density at radius 3 is 2.82 bits per heavy atom. The summed E-state index contributed by atoms with van der Waals surface area (Å²) in [5, 5.41) is 11.1. The topological polar surface area (TPSA) is 106 Å². The molecule has 170 valence electrons. The molecule has 1 aliphatic rings. The van der Waals surface area contributed by atoms with E-state index in [1.165, 1.54) is 10.8 Å². The monoisotopic (exact) mass is 449 g/mol. The summed E-state index contributed by atoms with van der Waals surface area (Å²) in [6.07, 6.45) is 3.01. The van der Waals surface area contributed by atoms with Crippen LogP contribution in [0, 0.1) is 17.0 Å². The minimum Gasteiger partial charge on any atom is -0.490 e. The summed E-state index contributed by atoms with van der Waals surface area (Å²) in [6, 6.07) is 12.5. The van der Waals surface area contributed by atoms with Crippen molar-refractivity contribution in [1.29, 1.82) is 0 Å². The van der Waals surface area contributed by atoms with E-state index in [1.54, 1.807) is 37.3 Å². The standard InChI is InChI=1S/C24H23N3O6/c1-3-31-22-13-17(12-18-15-33-20-7-5-4-6-19(20)24(18)28)8-9-21(22)32-11-10-26-16(2)25-14-23(26)27(29)30/h4-9,12-14H,3,10-11,15H2,1-2H3. The van der Waals surface area contributed by atoms with Crippen LogP contribution < -0.4 is 14.2 Å². The normalized spacial score (nSPS) is 14.0. The molecule has 0 aliphatic carbocycles. The molecule has 9 nitrogen and oxygen atoms in total. The lowest BCUT2D eigenvalue weighted by Crippen LogP contribution is -2.18. The number of Topliss-reactive ketones (excluding diaryl/α,β-unsaturated/α-hetero) is 1. The molecular weight excluding hydrogens is 426 g/mol. The maximum absolute atomic E-state index is 12.8. The van der Waals surface area contributed by atoms with Crippen LogP contribution in [0.25, 0.3) is 6.08 Å². The lowest BCUT2D eigenvalue weighted by molar-refractivity contribution is -0.392. The van der Waals surface area contributed by atoms with Crippen LogP contribution in [0.5, 0.6) is 17.2 Å². The van der Waals surface area contributed by atoms with Gasteiger partial charge in [-0.05, 0) is 47.8 Å². The number of aromatic nitrogens is 2. The number of benzene rings is 2. The molecule has 2 heterocycles. The highest BCUT2D eigenvalue weighted by molar-refractivity contribution is 6.14. The van der Waals surface area contributed by atoms with Crippen molar-refractivity contribution in [3.63, 3.8) is 0 Å². The summed E-state index contributed by atoms with van der Waals surface area (Å²) >= 11 is 0. The Hall–Kier alpha value is -4.14. The van der Waals surface area contributed by atoms with E-state index >= 15 is 0 Å². The fourth-order valence-electron chi connectivity index (χ4n) is 3.61. The van der Waals surface area contributed by atoms with Gasteiger partial charge in [-0.15, -0.1) is 0 Å². The van der Waals surface area contributed by atoms with E-state index in [0.29, 0.717) is 40.8 Å². The first-order valence-electron chi connectivity index (χ1n) is 10.5. The van der Waals surface area contributed by atoms with Gasteiger partial charge in [0.1, 0.15) is 31.7 Å². The van der Waals surface area contributed by atoms with Gasteiger partial charge >= 0.3 is 5.82 Å². The van der Waals surface area contributed by atoms with Crippen molar-refractivity contribution in [2.45, 2.75) is 20.4 Å². The second kappa shape index (κ2) is 9.56. The van der Waals surface area contributed by atoms with E-state index in [1.807, 2.05) is 25.1 Å². The zero-order valence-electron chi connectivity index (χ0n) is 18.3. The molecule has 4 rings (SSSR count). The molecule has 0 amide bonds. The SMILES string of the molecule is CCOc1cc(C=C2COc3ccccc3C2=O)ccc1OCCn1c([N+](=O)[O-])cnc1C. The Bertz CT molecular complexity index is 1230. The number of hydrogen-bond acceptors (Lipinski definition) is 7. The predicted molar refractivity (Wildman–Crippen MR) is 121 cm³/mol. The molecule has 33 heavy (non-hydrogen) atoms. The number of nitro groups is 1. The van der Waals surface area contributed by atoms with Crippen molar-refractivity contribution in [3.8, 4) is 17.2 Å². The summed E-state index contributed by atoms with van der Waals surface area (Å²) in [7, 11) is 0. The fourth-order valence-corrected chi connectivity index (χ4v) is 3.61. The zero-order chi connectivity index (χ0) is 23.4. The number of fused-ring (bicyclic) bond motifs is 1. The molecule has 0 saturated heterocycles. The van der Waals surface area contributed by atoms with Crippen molar-refractivity contribution in [3.05, 3.63) is 81.3 Å². The van der Waals surface area contributed by atoms with Crippen LogP contribution in [0.3, 0.4) is 0 Å². The number of aryl methyl sites for hydroxylation is 1. The van der Waals surface area contributed by atoms with Crippen molar-refractivity contribution in [2.24, 2.45) is 0 Å². The third-order valence-electron chi connectivity index (χ3n) is 5.21. The largest absolute Gasteiger partial charge is 0.490 e. The van der Waals surface area contributed by atoms with Gasteiger partial charge in [0.15, 0.2) is 23.1 Å². The molecule has 0 atom stereocenters. The Balaban J connectivity index is 1.50. The molecular formula is C24H23N3O6.